The zero-order valence-electron chi connectivity index (χ0n) is 12.0. The zero-order valence-corrected chi connectivity index (χ0v) is 12.0. The molecule has 106 valence electrons. The van der Waals surface area contributed by atoms with Crippen LogP contribution >= 0.6 is 0 Å². The van der Waals surface area contributed by atoms with Crippen molar-refractivity contribution in [2.45, 2.75) is 20.3 Å². The van der Waals surface area contributed by atoms with Crippen molar-refractivity contribution in [1.29, 1.82) is 5.26 Å². The number of hydrogen-bond acceptors (Lipinski definition) is 4. The van der Waals surface area contributed by atoms with Crippen molar-refractivity contribution in [3.63, 3.8) is 0 Å². The van der Waals surface area contributed by atoms with Gasteiger partial charge in [-0.15, -0.1) is 0 Å². The maximum atomic E-state index is 11.9. The first-order valence-corrected chi connectivity index (χ1v) is 6.31. The summed E-state index contributed by atoms with van der Waals surface area (Å²) in [6.45, 7) is 3.72. The summed E-state index contributed by atoms with van der Waals surface area (Å²) in [5.74, 6) is -0.827. The second-order valence-electron chi connectivity index (χ2n) is 4.62. The van der Waals surface area contributed by atoms with Crippen molar-refractivity contribution in [3.05, 3.63) is 34.9 Å². The fourth-order valence-electron chi connectivity index (χ4n) is 1.61. The van der Waals surface area contributed by atoms with Crippen molar-refractivity contribution >= 4 is 11.9 Å². The van der Waals surface area contributed by atoms with Crippen LogP contribution in [0.4, 0.5) is 0 Å². The first-order chi connectivity index (χ1) is 9.45. The van der Waals surface area contributed by atoms with Gasteiger partial charge >= 0.3 is 5.97 Å². The summed E-state index contributed by atoms with van der Waals surface area (Å²) < 4.78 is 5.01. The molecule has 5 nitrogen and oxygen atoms in total. The molecule has 0 bridgehead atoms. The molecule has 0 spiro atoms. The van der Waals surface area contributed by atoms with Crippen LogP contribution in [0.5, 0.6) is 0 Å². The number of ether oxygens (including phenoxy) is 1. The average molecular weight is 274 g/mol. The molecule has 0 N–H and O–H groups in total. The van der Waals surface area contributed by atoms with Gasteiger partial charge in [0, 0.05) is 13.6 Å². The van der Waals surface area contributed by atoms with Crippen LogP contribution < -0.4 is 0 Å². The van der Waals surface area contributed by atoms with E-state index in [0.29, 0.717) is 12.1 Å². The number of amides is 1. The smallest absolute Gasteiger partial charge is 0.338 e. The molecule has 0 radical (unpaired) electrons. The van der Waals surface area contributed by atoms with Crippen LogP contribution in [-0.2, 0) is 9.53 Å². The molecular weight excluding hydrogens is 256 g/mol. The SMILES string of the molecule is Cc1ccc(C)c(C(=O)OCC(=O)N(C)CCC#N)c1. The monoisotopic (exact) mass is 274 g/mol. The Hall–Kier alpha value is -2.35. The Kier molecular flexibility index (Phi) is 5.73. The molecule has 0 atom stereocenters. The van der Waals surface area contributed by atoms with Crippen molar-refractivity contribution in [1.82, 2.24) is 4.90 Å². The summed E-state index contributed by atoms with van der Waals surface area (Å²) in [4.78, 5) is 25.0. The second kappa shape index (κ2) is 7.29. The van der Waals surface area contributed by atoms with Crippen LogP contribution in [0.3, 0.4) is 0 Å². The fraction of sp³-hybridized carbons (Fsp3) is 0.400. The lowest BCUT2D eigenvalue weighted by atomic mass is 10.1. The number of aryl methyl sites for hydroxylation is 2. The van der Waals surface area contributed by atoms with E-state index in [2.05, 4.69) is 0 Å². The number of likely N-dealkylation sites (N-methyl/N-ethyl adjacent to an activating group) is 1. The van der Waals surface area contributed by atoms with Crippen LogP contribution in [0.1, 0.15) is 27.9 Å². The largest absolute Gasteiger partial charge is 0.452 e. The molecule has 0 unspecified atom stereocenters. The van der Waals surface area contributed by atoms with E-state index in [9.17, 15) is 9.59 Å². The van der Waals surface area contributed by atoms with Crippen LogP contribution in [-0.4, -0.2) is 37.0 Å². The number of rotatable bonds is 5. The minimum absolute atomic E-state index is 0.257. The van der Waals surface area contributed by atoms with E-state index in [1.807, 2.05) is 32.0 Å². The highest BCUT2D eigenvalue weighted by Crippen LogP contribution is 2.12. The van der Waals surface area contributed by atoms with Gasteiger partial charge in [-0.3, -0.25) is 4.79 Å². The maximum Gasteiger partial charge on any atom is 0.338 e. The molecule has 0 aliphatic rings. The van der Waals surface area contributed by atoms with Gasteiger partial charge in [0.2, 0.25) is 0 Å². The minimum Gasteiger partial charge on any atom is -0.452 e. The molecule has 0 saturated carbocycles. The standard InChI is InChI=1S/C15H18N2O3/c1-11-5-6-12(2)13(9-11)15(19)20-10-14(18)17(3)8-4-7-16/h5-6,9H,4,8,10H2,1-3H3. The summed E-state index contributed by atoms with van der Waals surface area (Å²) in [6.07, 6.45) is 0.257. The predicted molar refractivity (Wildman–Crippen MR) is 74.1 cm³/mol. The Bertz CT molecular complexity index is 547. The lowest BCUT2D eigenvalue weighted by Crippen LogP contribution is -2.32. The Morgan fingerprint density at radius 2 is 2.05 bits per heavy atom. The molecule has 1 rings (SSSR count). The topological polar surface area (TPSA) is 70.4 Å². The van der Waals surface area contributed by atoms with Crippen molar-refractivity contribution in [2.24, 2.45) is 0 Å². The molecular formula is C15H18N2O3. The van der Waals surface area contributed by atoms with Gasteiger partial charge in [0.15, 0.2) is 6.61 Å². The Morgan fingerprint density at radius 3 is 2.70 bits per heavy atom. The van der Waals surface area contributed by atoms with Gasteiger partial charge in [-0.1, -0.05) is 17.7 Å². The highest BCUT2D eigenvalue weighted by Gasteiger charge is 2.14. The molecule has 1 aromatic carbocycles. The number of hydrogen-bond donors (Lipinski definition) is 0. The van der Waals surface area contributed by atoms with Crippen molar-refractivity contribution in [3.8, 4) is 6.07 Å². The molecule has 1 amide bonds. The normalized spacial score (nSPS) is 9.70. The second-order valence-corrected chi connectivity index (χ2v) is 4.62. The molecule has 1 aromatic rings. The summed E-state index contributed by atoms with van der Waals surface area (Å²) in [6, 6.07) is 7.44. The summed E-state index contributed by atoms with van der Waals surface area (Å²) >= 11 is 0. The molecule has 0 aromatic heterocycles. The molecule has 0 aliphatic carbocycles. The summed E-state index contributed by atoms with van der Waals surface area (Å²) in [7, 11) is 1.57. The fourth-order valence-corrected chi connectivity index (χ4v) is 1.61. The Labute approximate surface area is 118 Å². The quantitative estimate of drug-likeness (QED) is 0.768. The Balaban J connectivity index is 2.57. The maximum absolute atomic E-state index is 11.9. The van der Waals surface area contributed by atoms with E-state index in [1.165, 1.54) is 4.90 Å². The van der Waals surface area contributed by atoms with Gasteiger partial charge in [-0.2, -0.15) is 5.26 Å². The zero-order chi connectivity index (χ0) is 15.1. The van der Waals surface area contributed by atoms with E-state index >= 15 is 0 Å². The van der Waals surface area contributed by atoms with E-state index in [1.54, 1.807) is 13.1 Å². The average Bonchev–Trinajstić information content (AvgIpc) is 2.44. The summed E-state index contributed by atoms with van der Waals surface area (Å²) in [5, 5.41) is 8.45. The molecule has 5 heteroatoms. The number of nitriles is 1. The molecule has 0 heterocycles. The van der Waals surface area contributed by atoms with Crippen LogP contribution in [0, 0.1) is 25.2 Å². The highest BCUT2D eigenvalue weighted by atomic mass is 16.5. The van der Waals surface area contributed by atoms with Crippen LogP contribution in [0.15, 0.2) is 18.2 Å². The first kappa shape index (κ1) is 15.7. The molecule has 20 heavy (non-hydrogen) atoms. The highest BCUT2D eigenvalue weighted by molar-refractivity contribution is 5.92. The third kappa shape index (κ3) is 4.39. The number of carbonyl (C=O) groups excluding carboxylic acids is 2. The first-order valence-electron chi connectivity index (χ1n) is 6.31. The number of carbonyl (C=O) groups is 2. The van der Waals surface area contributed by atoms with E-state index in [4.69, 9.17) is 10.00 Å². The van der Waals surface area contributed by atoms with Gasteiger partial charge in [-0.05, 0) is 25.5 Å². The number of nitrogens with zero attached hydrogens (tertiary/aromatic N) is 2. The van der Waals surface area contributed by atoms with Gasteiger partial charge in [0.25, 0.3) is 5.91 Å². The molecule has 0 saturated heterocycles. The van der Waals surface area contributed by atoms with Crippen molar-refractivity contribution in [2.75, 3.05) is 20.2 Å². The van der Waals surface area contributed by atoms with Gasteiger partial charge < -0.3 is 9.64 Å². The van der Waals surface area contributed by atoms with Gasteiger partial charge in [0.1, 0.15) is 0 Å². The van der Waals surface area contributed by atoms with E-state index in [-0.39, 0.29) is 18.9 Å². The Morgan fingerprint density at radius 1 is 1.35 bits per heavy atom. The lowest BCUT2D eigenvalue weighted by Gasteiger charge is -2.15. The lowest BCUT2D eigenvalue weighted by molar-refractivity contribution is -0.133. The molecule has 0 aliphatic heterocycles. The summed E-state index contributed by atoms with van der Waals surface area (Å²) in [5.41, 5.74) is 2.24. The number of benzene rings is 1. The third-order valence-corrected chi connectivity index (χ3v) is 2.92. The third-order valence-electron chi connectivity index (χ3n) is 2.92. The number of esters is 1. The van der Waals surface area contributed by atoms with E-state index in [0.717, 1.165) is 11.1 Å². The van der Waals surface area contributed by atoms with E-state index < -0.39 is 5.97 Å². The van der Waals surface area contributed by atoms with Gasteiger partial charge in [0.05, 0.1) is 18.1 Å². The predicted octanol–water partition coefficient (Wildman–Crippen LogP) is 1.83. The molecule has 0 fully saturated rings. The van der Waals surface area contributed by atoms with Crippen LogP contribution in [0.2, 0.25) is 0 Å². The van der Waals surface area contributed by atoms with Crippen molar-refractivity contribution < 1.29 is 14.3 Å². The van der Waals surface area contributed by atoms with Gasteiger partial charge in [-0.25, -0.2) is 4.79 Å². The minimum atomic E-state index is -0.506. The van der Waals surface area contributed by atoms with Crippen LogP contribution in [0.25, 0.3) is 0 Å².